The first-order chi connectivity index (χ1) is 14.2. The Kier molecular flexibility index (Phi) is 8.47. The number of carbonyl (C=O) groups is 2. The molecule has 0 saturated carbocycles. The fourth-order valence-electron chi connectivity index (χ4n) is 2.67. The molecule has 1 aromatic heterocycles. The summed E-state index contributed by atoms with van der Waals surface area (Å²) in [6.07, 6.45) is 1.07. The van der Waals surface area contributed by atoms with E-state index in [0.29, 0.717) is 28.8 Å². The van der Waals surface area contributed by atoms with Crippen molar-refractivity contribution < 1.29 is 19.1 Å². The van der Waals surface area contributed by atoms with E-state index in [-0.39, 0.29) is 6.61 Å². The maximum absolute atomic E-state index is 12.1. The summed E-state index contributed by atoms with van der Waals surface area (Å²) in [5.41, 5.74) is 1.54. The lowest BCUT2D eigenvalue weighted by Gasteiger charge is -2.19. The predicted octanol–water partition coefficient (Wildman–Crippen LogP) is 5.30. The van der Waals surface area contributed by atoms with Crippen LogP contribution in [0.4, 0.5) is 16.3 Å². The molecule has 0 fully saturated rings. The van der Waals surface area contributed by atoms with Crippen molar-refractivity contribution >= 4 is 35.2 Å². The number of amides is 1. The molecule has 1 heterocycles. The van der Waals surface area contributed by atoms with E-state index in [0.717, 1.165) is 18.4 Å². The summed E-state index contributed by atoms with van der Waals surface area (Å²) < 4.78 is 10.3. The zero-order chi connectivity index (χ0) is 22.1. The average molecular weight is 434 g/mol. The number of halogens is 1. The molecule has 0 atom stereocenters. The molecule has 2 N–H and O–H groups in total. The SMILES string of the molecule is CCOC(=O)c1ccc(Cl)nc1NCCCc1cccc(NC(=O)OC(C)(C)C)c1. The Hall–Kier alpha value is -2.80. The Morgan fingerprint density at radius 3 is 2.63 bits per heavy atom. The van der Waals surface area contributed by atoms with E-state index in [4.69, 9.17) is 21.1 Å². The van der Waals surface area contributed by atoms with Crippen molar-refractivity contribution in [2.75, 3.05) is 23.8 Å². The Bertz CT molecular complexity index is 881. The highest BCUT2D eigenvalue weighted by molar-refractivity contribution is 6.29. The fraction of sp³-hybridized carbons (Fsp3) is 0.409. The lowest BCUT2D eigenvalue weighted by atomic mass is 10.1. The Labute approximate surface area is 182 Å². The molecule has 0 aliphatic rings. The molecule has 0 radical (unpaired) electrons. The van der Waals surface area contributed by atoms with Gasteiger partial charge < -0.3 is 14.8 Å². The zero-order valence-electron chi connectivity index (χ0n) is 17.8. The zero-order valence-corrected chi connectivity index (χ0v) is 18.5. The third kappa shape index (κ3) is 7.91. The van der Waals surface area contributed by atoms with Gasteiger partial charge in [0, 0.05) is 12.2 Å². The molecule has 0 spiro atoms. The Balaban J connectivity index is 1.90. The minimum absolute atomic E-state index is 0.286. The predicted molar refractivity (Wildman–Crippen MR) is 118 cm³/mol. The summed E-state index contributed by atoms with van der Waals surface area (Å²) >= 11 is 5.96. The van der Waals surface area contributed by atoms with Crippen molar-refractivity contribution in [2.24, 2.45) is 0 Å². The minimum atomic E-state index is -0.551. The van der Waals surface area contributed by atoms with Crippen LogP contribution in [0.1, 0.15) is 50.0 Å². The molecule has 0 saturated heterocycles. The van der Waals surface area contributed by atoms with Crippen LogP contribution >= 0.6 is 11.6 Å². The molecule has 2 rings (SSSR count). The van der Waals surface area contributed by atoms with E-state index in [1.807, 2.05) is 45.0 Å². The minimum Gasteiger partial charge on any atom is -0.462 e. The summed E-state index contributed by atoms with van der Waals surface area (Å²) in [5.74, 6) is -0.0358. The third-order valence-electron chi connectivity index (χ3n) is 3.86. The van der Waals surface area contributed by atoms with Gasteiger partial charge in [-0.25, -0.2) is 14.6 Å². The van der Waals surface area contributed by atoms with E-state index in [2.05, 4.69) is 15.6 Å². The quantitative estimate of drug-likeness (QED) is 0.333. The first-order valence-corrected chi connectivity index (χ1v) is 10.2. The van der Waals surface area contributed by atoms with Gasteiger partial charge in [-0.05, 0) is 70.4 Å². The average Bonchev–Trinajstić information content (AvgIpc) is 2.64. The van der Waals surface area contributed by atoms with Gasteiger partial charge in [-0.3, -0.25) is 5.32 Å². The van der Waals surface area contributed by atoms with Gasteiger partial charge in [0.05, 0.1) is 6.61 Å². The number of anilines is 2. The third-order valence-corrected chi connectivity index (χ3v) is 4.07. The molecule has 0 unspecified atom stereocenters. The summed E-state index contributed by atoms with van der Waals surface area (Å²) in [6.45, 7) is 8.08. The van der Waals surface area contributed by atoms with Crippen molar-refractivity contribution in [3.8, 4) is 0 Å². The van der Waals surface area contributed by atoms with Crippen LogP contribution < -0.4 is 10.6 Å². The van der Waals surface area contributed by atoms with Crippen LogP contribution in [0.5, 0.6) is 0 Å². The van der Waals surface area contributed by atoms with Crippen molar-refractivity contribution in [1.82, 2.24) is 4.98 Å². The number of esters is 1. The number of rotatable bonds is 8. The molecule has 162 valence electrons. The van der Waals surface area contributed by atoms with Crippen LogP contribution in [-0.4, -0.2) is 35.8 Å². The molecule has 1 aromatic carbocycles. The number of hydrogen-bond donors (Lipinski definition) is 2. The van der Waals surface area contributed by atoms with Gasteiger partial charge in [0.15, 0.2) is 0 Å². The largest absolute Gasteiger partial charge is 0.462 e. The number of hydrogen-bond acceptors (Lipinski definition) is 6. The molecule has 0 aliphatic heterocycles. The van der Waals surface area contributed by atoms with E-state index in [1.165, 1.54) is 0 Å². The number of carbonyl (C=O) groups excluding carboxylic acids is 2. The number of nitrogens with one attached hydrogen (secondary N) is 2. The van der Waals surface area contributed by atoms with Gasteiger partial charge in [-0.15, -0.1) is 0 Å². The van der Waals surface area contributed by atoms with Gasteiger partial charge >= 0.3 is 12.1 Å². The van der Waals surface area contributed by atoms with Gasteiger partial charge in [0.1, 0.15) is 22.1 Å². The highest BCUT2D eigenvalue weighted by Crippen LogP contribution is 2.19. The first-order valence-electron chi connectivity index (χ1n) is 9.84. The van der Waals surface area contributed by atoms with E-state index in [1.54, 1.807) is 19.1 Å². The van der Waals surface area contributed by atoms with Crippen molar-refractivity contribution in [3.63, 3.8) is 0 Å². The maximum Gasteiger partial charge on any atom is 0.412 e. The van der Waals surface area contributed by atoms with Crippen LogP contribution in [0.2, 0.25) is 5.15 Å². The lowest BCUT2D eigenvalue weighted by molar-refractivity contribution is 0.0526. The van der Waals surface area contributed by atoms with Crippen molar-refractivity contribution in [2.45, 2.75) is 46.1 Å². The molecule has 0 aliphatic carbocycles. The number of pyridine rings is 1. The normalized spacial score (nSPS) is 11.0. The topological polar surface area (TPSA) is 89.5 Å². The first kappa shape index (κ1) is 23.5. The molecule has 0 bridgehead atoms. The molecule has 8 heteroatoms. The Morgan fingerprint density at radius 1 is 1.17 bits per heavy atom. The lowest BCUT2D eigenvalue weighted by Crippen LogP contribution is -2.27. The van der Waals surface area contributed by atoms with Crippen molar-refractivity contribution in [3.05, 3.63) is 52.7 Å². The van der Waals surface area contributed by atoms with E-state index >= 15 is 0 Å². The van der Waals surface area contributed by atoms with Gasteiger partial charge in [-0.1, -0.05) is 23.7 Å². The highest BCUT2D eigenvalue weighted by Gasteiger charge is 2.16. The molecule has 1 amide bonds. The van der Waals surface area contributed by atoms with Gasteiger partial charge in [0.2, 0.25) is 0 Å². The van der Waals surface area contributed by atoms with Gasteiger partial charge in [0.25, 0.3) is 0 Å². The standard InChI is InChI=1S/C22H28ClN3O4/c1-5-29-20(27)17-11-12-18(23)26-19(17)24-13-7-9-15-8-6-10-16(14-15)25-21(28)30-22(2,3)4/h6,8,10-12,14H,5,7,9,13H2,1-4H3,(H,24,26)(H,25,28). The number of ether oxygens (including phenoxy) is 2. The maximum atomic E-state index is 12.1. The molecular formula is C22H28ClN3O4. The van der Waals surface area contributed by atoms with Crippen LogP contribution in [-0.2, 0) is 15.9 Å². The van der Waals surface area contributed by atoms with E-state index in [9.17, 15) is 9.59 Å². The molecule has 7 nitrogen and oxygen atoms in total. The smallest absolute Gasteiger partial charge is 0.412 e. The van der Waals surface area contributed by atoms with Crippen LogP contribution in [0.25, 0.3) is 0 Å². The number of aromatic nitrogens is 1. The molecule has 2 aromatic rings. The number of benzene rings is 1. The monoisotopic (exact) mass is 433 g/mol. The summed E-state index contributed by atoms with van der Waals surface area (Å²) in [5, 5.41) is 6.19. The molecular weight excluding hydrogens is 406 g/mol. The highest BCUT2D eigenvalue weighted by atomic mass is 35.5. The van der Waals surface area contributed by atoms with Gasteiger partial charge in [-0.2, -0.15) is 0 Å². The number of nitrogens with zero attached hydrogens (tertiary/aromatic N) is 1. The molecule has 30 heavy (non-hydrogen) atoms. The van der Waals surface area contributed by atoms with Crippen LogP contribution in [0.15, 0.2) is 36.4 Å². The summed E-state index contributed by atoms with van der Waals surface area (Å²) in [4.78, 5) is 28.2. The second-order valence-electron chi connectivity index (χ2n) is 7.61. The van der Waals surface area contributed by atoms with Crippen molar-refractivity contribution in [1.29, 1.82) is 0 Å². The fourth-order valence-corrected chi connectivity index (χ4v) is 2.82. The summed E-state index contributed by atoms with van der Waals surface area (Å²) in [6, 6.07) is 10.7. The van der Waals surface area contributed by atoms with E-state index < -0.39 is 17.7 Å². The Morgan fingerprint density at radius 2 is 1.93 bits per heavy atom. The summed E-state index contributed by atoms with van der Waals surface area (Å²) in [7, 11) is 0. The second kappa shape index (κ2) is 10.8. The van der Waals surface area contributed by atoms with Crippen LogP contribution in [0, 0.1) is 0 Å². The second-order valence-corrected chi connectivity index (χ2v) is 8.00. The van der Waals surface area contributed by atoms with Crippen LogP contribution in [0.3, 0.4) is 0 Å². The number of aryl methyl sites for hydroxylation is 1.